The quantitative estimate of drug-likeness (QED) is 0.201. The first-order valence-electron chi connectivity index (χ1n) is 10.2. The minimum absolute atomic E-state index is 0.115. The average Bonchev–Trinajstić information content (AvgIpc) is 3.27. The number of halogens is 1. The summed E-state index contributed by atoms with van der Waals surface area (Å²) in [4.78, 5) is 14.2. The van der Waals surface area contributed by atoms with Gasteiger partial charge in [-0.3, -0.25) is 4.79 Å². The molecule has 3 rings (SSSR count). The van der Waals surface area contributed by atoms with Crippen LogP contribution in [0.25, 0.3) is 0 Å². The van der Waals surface area contributed by atoms with E-state index in [9.17, 15) is 9.90 Å². The maximum atomic E-state index is 12.1. The van der Waals surface area contributed by atoms with Gasteiger partial charge in [0.15, 0.2) is 8.68 Å². The van der Waals surface area contributed by atoms with Gasteiger partial charge in [0.25, 0.3) is 5.91 Å². The zero-order chi connectivity index (χ0) is 23.6. The summed E-state index contributed by atoms with van der Waals surface area (Å²) in [5, 5.41) is 23.2. The number of nitrogens with one attached hydrogen (secondary N) is 1. The second-order valence-corrected chi connectivity index (χ2v) is 10.6. The molecule has 0 aliphatic heterocycles. The van der Waals surface area contributed by atoms with Crippen molar-refractivity contribution >= 4 is 64.3 Å². The summed E-state index contributed by atoms with van der Waals surface area (Å²) in [6.07, 6.45) is 1.43. The highest BCUT2D eigenvalue weighted by Gasteiger charge is 2.09. The van der Waals surface area contributed by atoms with Gasteiger partial charge in [0.05, 0.1) is 12.0 Å². The molecule has 0 atom stereocenters. The van der Waals surface area contributed by atoms with E-state index in [1.54, 1.807) is 23.9 Å². The smallest absolute Gasteiger partial charge is 0.250 e. The third kappa shape index (κ3) is 7.92. The van der Waals surface area contributed by atoms with Gasteiger partial charge >= 0.3 is 0 Å². The van der Waals surface area contributed by atoms with Gasteiger partial charge in [0.1, 0.15) is 5.75 Å². The Morgan fingerprint density at radius 1 is 1.15 bits per heavy atom. The Bertz CT molecular complexity index is 1090. The maximum absolute atomic E-state index is 12.1. The third-order valence-electron chi connectivity index (χ3n) is 4.53. The van der Waals surface area contributed by atoms with Crippen molar-refractivity contribution in [2.45, 2.75) is 28.3 Å². The Morgan fingerprint density at radius 3 is 2.52 bits per heavy atom. The molecule has 0 fully saturated rings. The van der Waals surface area contributed by atoms with E-state index < -0.39 is 0 Å². The van der Waals surface area contributed by atoms with Crippen LogP contribution in [0.3, 0.4) is 0 Å². The number of phenols is 1. The number of aromatic hydroxyl groups is 1. The third-order valence-corrected chi connectivity index (χ3v) is 8.04. The van der Waals surface area contributed by atoms with Crippen LogP contribution in [0.5, 0.6) is 5.75 Å². The molecular formula is C22H24ClN5O2S3. The highest BCUT2D eigenvalue weighted by molar-refractivity contribution is 8.03. The monoisotopic (exact) mass is 521 g/mol. The number of phenolic OH excluding ortho intramolecular Hbond substituents is 1. The summed E-state index contributed by atoms with van der Waals surface area (Å²) in [6, 6.07) is 13.1. The molecule has 1 aromatic heterocycles. The summed E-state index contributed by atoms with van der Waals surface area (Å²) >= 11 is 10.2. The van der Waals surface area contributed by atoms with Gasteiger partial charge in [-0.2, -0.15) is 5.10 Å². The Hall–Kier alpha value is -2.27. The van der Waals surface area contributed by atoms with Crippen LogP contribution in [0, 0.1) is 0 Å². The van der Waals surface area contributed by atoms with Crippen LogP contribution in [0.15, 0.2) is 56.2 Å². The fraction of sp³-hybridized carbons (Fsp3) is 0.273. The van der Waals surface area contributed by atoms with Crippen molar-refractivity contribution < 1.29 is 9.90 Å². The number of hydrazone groups is 1. The van der Waals surface area contributed by atoms with Gasteiger partial charge < -0.3 is 10.0 Å². The predicted molar refractivity (Wildman–Crippen MR) is 139 cm³/mol. The molecule has 0 saturated heterocycles. The Kier molecular flexibility index (Phi) is 9.86. The van der Waals surface area contributed by atoms with E-state index in [0.717, 1.165) is 38.8 Å². The summed E-state index contributed by atoms with van der Waals surface area (Å²) in [5.74, 6) is 0.792. The number of rotatable bonds is 11. The molecule has 1 amide bonds. The molecule has 0 saturated carbocycles. The van der Waals surface area contributed by atoms with Crippen LogP contribution in [0.4, 0.5) is 5.69 Å². The molecule has 1 heterocycles. The Balaban J connectivity index is 1.43. The number of carbonyl (C=O) groups is 1. The molecule has 0 bridgehead atoms. The lowest BCUT2D eigenvalue weighted by Crippen LogP contribution is -2.21. The first-order valence-corrected chi connectivity index (χ1v) is 13.4. The van der Waals surface area contributed by atoms with Crippen LogP contribution >= 0.6 is 46.5 Å². The molecule has 3 aromatic rings. The van der Waals surface area contributed by atoms with E-state index in [0.29, 0.717) is 10.6 Å². The second-order valence-electron chi connectivity index (χ2n) is 6.75. The lowest BCUT2D eigenvalue weighted by molar-refractivity contribution is -0.118. The highest BCUT2D eigenvalue weighted by Crippen LogP contribution is 2.31. The topological polar surface area (TPSA) is 90.7 Å². The Morgan fingerprint density at radius 2 is 1.85 bits per heavy atom. The van der Waals surface area contributed by atoms with Crippen LogP contribution in [0.2, 0.25) is 5.02 Å². The number of amides is 1. The van der Waals surface area contributed by atoms with Crippen LogP contribution in [-0.2, 0) is 10.5 Å². The van der Waals surface area contributed by atoms with Crippen molar-refractivity contribution in [1.29, 1.82) is 0 Å². The minimum Gasteiger partial charge on any atom is -0.507 e. The number of hydrogen-bond acceptors (Lipinski definition) is 9. The summed E-state index contributed by atoms with van der Waals surface area (Å²) in [6.45, 7) is 5.83. The van der Waals surface area contributed by atoms with Crippen LogP contribution < -0.4 is 10.3 Å². The molecular weight excluding hydrogens is 498 g/mol. The molecule has 0 unspecified atom stereocenters. The summed E-state index contributed by atoms with van der Waals surface area (Å²) in [5.41, 5.74) is 5.10. The molecule has 7 nitrogen and oxygen atoms in total. The van der Waals surface area contributed by atoms with Gasteiger partial charge in [-0.1, -0.05) is 58.6 Å². The van der Waals surface area contributed by atoms with Crippen molar-refractivity contribution in [2.24, 2.45) is 5.10 Å². The van der Waals surface area contributed by atoms with E-state index in [-0.39, 0.29) is 17.4 Å². The van der Waals surface area contributed by atoms with Crippen molar-refractivity contribution in [3.05, 3.63) is 58.6 Å². The number of carbonyl (C=O) groups excluding carboxylic acids is 1. The lowest BCUT2D eigenvalue weighted by Gasteiger charge is -2.21. The standard InChI is InChI=1S/C22H24ClN5O2S3/c1-3-28(4-2)18-10-7-16(19(29)11-18)12-24-25-20(30)14-32-22-27-26-21(33-22)31-13-15-5-8-17(23)9-6-15/h5-12,29H,3-4,13-14H2,1-2H3,(H,25,30)/b24-12-. The van der Waals surface area contributed by atoms with Crippen LogP contribution in [-0.4, -0.2) is 46.3 Å². The summed E-state index contributed by atoms with van der Waals surface area (Å²) in [7, 11) is 0. The van der Waals surface area contributed by atoms with Crippen molar-refractivity contribution in [3.63, 3.8) is 0 Å². The van der Waals surface area contributed by atoms with Crippen molar-refractivity contribution in [3.8, 4) is 5.75 Å². The largest absolute Gasteiger partial charge is 0.507 e. The number of benzene rings is 2. The van der Waals surface area contributed by atoms with Gasteiger partial charge in [0, 0.05) is 41.2 Å². The number of anilines is 1. The molecule has 2 aromatic carbocycles. The highest BCUT2D eigenvalue weighted by atomic mass is 35.5. The van der Waals surface area contributed by atoms with Crippen molar-refractivity contribution in [2.75, 3.05) is 23.7 Å². The van der Waals surface area contributed by atoms with E-state index in [2.05, 4.69) is 39.5 Å². The number of hydrogen-bond donors (Lipinski definition) is 2. The maximum Gasteiger partial charge on any atom is 0.250 e. The van der Waals surface area contributed by atoms with Crippen molar-refractivity contribution in [1.82, 2.24) is 15.6 Å². The zero-order valence-electron chi connectivity index (χ0n) is 18.2. The molecule has 0 radical (unpaired) electrons. The minimum atomic E-state index is -0.263. The second kappa shape index (κ2) is 12.8. The van der Waals surface area contributed by atoms with E-state index >= 15 is 0 Å². The van der Waals surface area contributed by atoms with Gasteiger partial charge in [-0.15, -0.1) is 10.2 Å². The van der Waals surface area contributed by atoms with E-state index in [1.165, 1.54) is 29.3 Å². The first-order chi connectivity index (χ1) is 16.0. The fourth-order valence-electron chi connectivity index (χ4n) is 2.80. The molecule has 174 valence electrons. The van der Waals surface area contributed by atoms with Gasteiger partial charge in [0.2, 0.25) is 0 Å². The van der Waals surface area contributed by atoms with E-state index in [1.807, 2.05) is 30.3 Å². The number of nitrogens with zero attached hydrogens (tertiary/aromatic N) is 4. The average molecular weight is 522 g/mol. The SMILES string of the molecule is CCN(CC)c1ccc(/C=N\NC(=O)CSc2nnc(SCc3ccc(Cl)cc3)s2)c(O)c1. The molecule has 33 heavy (non-hydrogen) atoms. The normalized spacial score (nSPS) is 11.1. The first kappa shape index (κ1) is 25.4. The molecule has 2 N–H and O–H groups in total. The molecule has 11 heteroatoms. The Labute approximate surface area is 210 Å². The lowest BCUT2D eigenvalue weighted by atomic mass is 10.2. The van der Waals surface area contributed by atoms with E-state index in [4.69, 9.17) is 11.6 Å². The molecule has 0 aliphatic carbocycles. The fourth-order valence-corrected chi connectivity index (χ4v) is 5.69. The molecule has 0 spiro atoms. The summed E-state index contributed by atoms with van der Waals surface area (Å²) < 4.78 is 1.56. The molecule has 0 aliphatic rings. The zero-order valence-corrected chi connectivity index (χ0v) is 21.4. The van der Waals surface area contributed by atoms with Gasteiger partial charge in [-0.05, 0) is 43.7 Å². The number of aromatic nitrogens is 2. The van der Waals surface area contributed by atoms with Crippen LogP contribution in [0.1, 0.15) is 25.0 Å². The number of thioether (sulfide) groups is 2. The van der Waals surface area contributed by atoms with Gasteiger partial charge in [-0.25, -0.2) is 5.43 Å². The predicted octanol–water partition coefficient (Wildman–Crippen LogP) is 5.28.